The van der Waals surface area contributed by atoms with Gasteiger partial charge in [0.25, 0.3) is 5.56 Å². The fourth-order valence-electron chi connectivity index (χ4n) is 4.52. The van der Waals surface area contributed by atoms with Crippen molar-refractivity contribution in [2.24, 2.45) is 0 Å². The molecule has 1 atom stereocenters. The number of carbonyl (C=O) groups is 1. The topological polar surface area (TPSA) is 88.8 Å². The van der Waals surface area contributed by atoms with Crippen molar-refractivity contribution in [3.8, 4) is 17.2 Å². The zero-order valence-electron chi connectivity index (χ0n) is 19.7. The van der Waals surface area contributed by atoms with Crippen LogP contribution in [0.15, 0.2) is 52.2 Å². The zero-order valence-corrected chi connectivity index (χ0v) is 19.7. The molecule has 190 valence electrons. The van der Waals surface area contributed by atoms with E-state index >= 15 is 0 Å². The van der Waals surface area contributed by atoms with Crippen molar-refractivity contribution in [2.75, 3.05) is 20.8 Å². The average molecular weight is 504 g/mol. The number of ether oxygens (including phenoxy) is 3. The summed E-state index contributed by atoms with van der Waals surface area (Å²) in [6.07, 6.45) is -3.42. The molecule has 1 heterocycles. The van der Waals surface area contributed by atoms with E-state index in [0.717, 1.165) is 21.4 Å². The summed E-state index contributed by atoms with van der Waals surface area (Å²) in [6, 6.07) is 7.23. The molecule has 0 fully saturated rings. The zero-order chi connectivity index (χ0) is 26.2. The van der Waals surface area contributed by atoms with Crippen LogP contribution in [-0.4, -0.2) is 35.9 Å². The summed E-state index contributed by atoms with van der Waals surface area (Å²) < 4.78 is 58.2. The summed E-state index contributed by atoms with van der Waals surface area (Å²) in [5.41, 5.74) is -2.51. The highest BCUT2D eigenvalue weighted by molar-refractivity contribution is 5.88. The van der Waals surface area contributed by atoms with E-state index in [9.17, 15) is 27.6 Å². The van der Waals surface area contributed by atoms with E-state index in [1.165, 1.54) is 38.5 Å². The lowest BCUT2D eigenvalue weighted by Crippen LogP contribution is -2.44. The van der Waals surface area contributed by atoms with Gasteiger partial charge < -0.3 is 14.2 Å². The predicted octanol–water partition coefficient (Wildman–Crippen LogP) is 3.75. The van der Waals surface area contributed by atoms with Crippen molar-refractivity contribution in [1.29, 1.82) is 0 Å². The molecular weight excluding hydrogens is 481 g/mol. The van der Waals surface area contributed by atoms with Crippen LogP contribution in [0.4, 0.5) is 13.2 Å². The lowest BCUT2D eigenvalue weighted by atomic mass is 10.0. The molecule has 8 nitrogen and oxygen atoms in total. The SMILES string of the molecule is CCOC(=O)c1cn(-c2ccc(OC)c(OC)c2)c(=O)n(C2CCc3c2cccc3C(F)(F)F)c1=O. The lowest BCUT2D eigenvalue weighted by Gasteiger charge is -2.19. The van der Waals surface area contributed by atoms with Crippen LogP contribution in [0.25, 0.3) is 5.69 Å². The molecule has 4 rings (SSSR count). The summed E-state index contributed by atoms with van der Waals surface area (Å²) in [4.78, 5) is 39.6. The summed E-state index contributed by atoms with van der Waals surface area (Å²) in [5.74, 6) is -0.274. The smallest absolute Gasteiger partial charge is 0.416 e. The van der Waals surface area contributed by atoms with E-state index in [2.05, 4.69) is 0 Å². The molecule has 1 aliphatic carbocycles. The predicted molar refractivity (Wildman–Crippen MR) is 123 cm³/mol. The maximum absolute atomic E-state index is 13.6. The minimum Gasteiger partial charge on any atom is -0.493 e. The van der Waals surface area contributed by atoms with E-state index in [1.807, 2.05) is 0 Å². The standard InChI is InChI=1S/C25H23F3N2O6/c1-4-36-23(32)17-13-29(14-8-11-20(34-2)21(12-14)35-3)24(33)30(22(17)31)19-10-9-15-16(19)6-5-7-18(15)25(26,27)28/h5-8,11-13,19H,4,9-10H2,1-3H3. The van der Waals surface area contributed by atoms with Gasteiger partial charge in [0, 0.05) is 12.3 Å². The largest absolute Gasteiger partial charge is 0.493 e. The van der Waals surface area contributed by atoms with Crippen LogP contribution in [0.2, 0.25) is 0 Å². The maximum Gasteiger partial charge on any atom is 0.416 e. The Labute approximate surface area is 203 Å². The first-order valence-corrected chi connectivity index (χ1v) is 11.1. The van der Waals surface area contributed by atoms with Gasteiger partial charge >= 0.3 is 17.8 Å². The molecule has 2 aromatic carbocycles. The molecule has 0 saturated carbocycles. The monoisotopic (exact) mass is 504 g/mol. The molecule has 0 aliphatic heterocycles. The molecule has 1 aromatic heterocycles. The molecule has 1 unspecified atom stereocenters. The third-order valence-corrected chi connectivity index (χ3v) is 6.12. The first kappa shape index (κ1) is 25.1. The van der Waals surface area contributed by atoms with Gasteiger partial charge in [0.15, 0.2) is 11.5 Å². The number of benzene rings is 2. The van der Waals surface area contributed by atoms with Crippen molar-refractivity contribution in [3.63, 3.8) is 0 Å². The van der Waals surface area contributed by atoms with Crippen LogP contribution in [0.3, 0.4) is 0 Å². The number of hydrogen-bond donors (Lipinski definition) is 0. The Kier molecular flexibility index (Phi) is 6.66. The van der Waals surface area contributed by atoms with Gasteiger partial charge in [0.2, 0.25) is 0 Å². The van der Waals surface area contributed by atoms with Crippen molar-refractivity contribution >= 4 is 5.97 Å². The normalized spacial score (nSPS) is 14.9. The minimum absolute atomic E-state index is 0.0154. The minimum atomic E-state index is -4.59. The Morgan fingerprint density at radius 3 is 2.44 bits per heavy atom. The molecule has 0 bridgehead atoms. The van der Waals surface area contributed by atoms with E-state index in [1.54, 1.807) is 13.0 Å². The van der Waals surface area contributed by atoms with E-state index in [4.69, 9.17) is 14.2 Å². The van der Waals surface area contributed by atoms with E-state index in [-0.39, 0.29) is 36.3 Å². The van der Waals surface area contributed by atoms with Gasteiger partial charge in [-0.3, -0.25) is 13.9 Å². The summed E-state index contributed by atoms with van der Waals surface area (Å²) >= 11 is 0. The van der Waals surface area contributed by atoms with Crippen LogP contribution in [0.1, 0.15) is 46.4 Å². The molecule has 11 heteroatoms. The molecule has 0 spiro atoms. The third-order valence-electron chi connectivity index (χ3n) is 6.12. The first-order chi connectivity index (χ1) is 17.1. The maximum atomic E-state index is 13.6. The number of carbonyl (C=O) groups excluding carboxylic acids is 1. The molecule has 0 N–H and O–H groups in total. The Morgan fingerprint density at radius 2 is 1.81 bits per heavy atom. The number of alkyl halides is 3. The van der Waals surface area contributed by atoms with Crippen molar-refractivity contribution in [1.82, 2.24) is 9.13 Å². The quantitative estimate of drug-likeness (QED) is 0.475. The summed E-state index contributed by atoms with van der Waals surface area (Å²) in [7, 11) is 2.85. The molecule has 0 radical (unpaired) electrons. The Bertz CT molecular complexity index is 1440. The second-order valence-corrected chi connectivity index (χ2v) is 8.06. The lowest BCUT2D eigenvalue weighted by molar-refractivity contribution is -0.138. The number of halogens is 3. The highest BCUT2D eigenvalue weighted by Crippen LogP contribution is 2.41. The highest BCUT2D eigenvalue weighted by Gasteiger charge is 2.38. The number of fused-ring (bicyclic) bond motifs is 1. The number of aromatic nitrogens is 2. The van der Waals surface area contributed by atoms with Gasteiger partial charge in [-0.15, -0.1) is 0 Å². The molecule has 1 aliphatic rings. The van der Waals surface area contributed by atoms with Gasteiger partial charge in [-0.05, 0) is 49.1 Å². The third kappa shape index (κ3) is 4.25. The van der Waals surface area contributed by atoms with Crippen LogP contribution < -0.4 is 20.7 Å². The molecule has 36 heavy (non-hydrogen) atoms. The van der Waals surface area contributed by atoms with Crippen LogP contribution in [0.5, 0.6) is 11.5 Å². The van der Waals surface area contributed by atoms with Crippen LogP contribution >= 0.6 is 0 Å². The van der Waals surface area contributed by atoms with Gasteiger partial charge in [0.1, 0.15) is 5.56 Å². The van der Waals surface area contributed by atoms with E-state index in [0.29, 0.717) is 11.5 Å². The van der Waals surface area contributed by atoms with Gasteiger partial charge in [-0.2, -0.15) is 13.2 Å². The fraction of sp³-hybridized carbons (Fsp3) is 0.320. The first-order valence-electron chi connectivity index (χ1n) is 11.1. The Hall–Kier alpha value is -4.02. The number of hydrogen-bond acceptors (Lipinski definition) is 6. The fourth-order valence-corrected chi connectivity index (χ4v) is 4.52. The second-order valence-electron chi connectivity index (χ2n) is 8.06. The van der Waals surface area contributed by atoms with Gasteiger partial charge in [-0.1, -0.05) is 12.1 Å². The number of rotatable bonds is 6. The number of methoxy groups -OCH3 is 2. The average Bonchev–Trinajstić information content (AvgIpc) is 3.27. The number of nitrogens with zero attached hydrogens (tertiary/aromatic N) is 2. The van der Waals surface area contributed by atoms with Crippen LogP contribution in [-0.2, 0) is 17.3 Å². The summed E-state index contributed by atoms with van der Waals surface area (Å²) in [6.45, 7) is 1.54. The van der Waals surface area contributed by atoms with Crippen molar-refractivity contribution in [2.45, 2.75) is 32.0 Å². The Morgan fingerprint density at radius 1 is 1.08 bits per heavy atom. The molecular formula is C25H23F3N2O6. The number of esters is 1. The van der Waals surface area contributed by atoms with Crippen molar-refractivity contribution in [3.05, 3.63) is 85.7 Å². The second kappa shape index (κ2) is 9.56. The van der Waals surface area contributed by atoms with Crippen LogP contribution in [0, 0.1) is 0 Å². The Balaban J connectivity index is 1.98. The van der Waals surface area contributed by atoms with Crippen molar-refractivity contribution < 1.29 is 32.2 Å². The van der Waals surface area contributed by atoms with Gasteiger partial charge in [-0.25, -0.2) is 9.59 Å². The molecule has 3 aromatic rings. The molecule has 0 saturated heterocycles. The highest BCUT2D eigenvalue weighted by atomic mass is 19.4. The van der Waals surface area contributed by atoms with Gasteiger partial charge in [0.05, 0.1) is 38.1 Å². The molecule has 0 amide bonds. The summed E-state index contributed by atoms with van der Waals surface area (Å²) in [5, 5.41) is 0. The van der Waals surface area contributed by atoms with E-state index < -0.39 is 40.6 Å².